The molecule has 4 rings (SSSR count). The summed E-state index contributed by atoms with van der Waals surface area (Å²) in [6, 6.07) is 9.61. The number of rotatable bonds is 4. The normalized spacial score (nSPS) is 22.6. The molecule has 0 spiro atoms. The van der Waals surface area contributed by atoms with Crippen LogP contribution in [0.1, 0.15) is 24.6 Å². The van der Waals surface area contributed by atoms with Crippen LogP contribution in [-0.2, 0) is 16.1 Å². The van der Waals surface area contributed by atoms with Gasteiger partial charge in [0.25, 0.3) is 0 Å². The highest BCUT2D eigenvalue weighted by molar-refractivity contribution is 5.76. The summed E-state index contributed by atoms with van der Waals surface area (Å²) < 4.78 is 13.4. The number of likely N-dealkylation sites (tertiary alicyclic amines) is 1. The van der Waals surface area contributed by atoms with Crippen molar-refractivity contribution in [3.05, 3.63) is 42.2 Å². The van der Waals surface area contributed by atoms with Crippen molar-refractivity contribution in [1.29, 1.82) is 0 Å². The van der Waals surface area contributed by atoms with Crippen molar-refractivity contribution in [3.8, 4) is 5.75 Å². The number of benzene rings is 1. The van der Waals surface area contributed by atoms with E-state index >= 15 is 0 Å². The molecule has 1 saturated heterocycles. The number of piperidine rings is 1. The van der Waals surface area contributed by atoms with Gasteiger partial charge in [0.1, 0.15) is 5.75 Å². The fraction of sp³-hybridized carbons (Fsp3) is 0.471. The summed E-state index contributed by atoms with van der Waals surface area (Å²) in [6.07, 6.45) is 3.04. The average molecular weight is 328 g/mol. The molecule has 7 nitrogen and oxygen atoms in total. The van der Waals surface area contributed by atoms with Gasteiger partial charge in [-0.3, -0.25) is 4.79 Å². The molecule has 126 valence electrons. The lowest BCUT2D eigenvalue weighted by atomic mass is 10.00. The minimum Gasteiger partial charge on any atom is -0.493 e. The predicted molar refractivity (Wildman–Crippen MR) is 85.4 cm³/mol. The molecule has 1 amide bonds. The summed E-state index contributed by atoms with van der Waals surface area (Å²) in [4.78, 5) is 14.4. The molecule has 2 aliphatic rings. The van der Waals surface area contributed by atoms with Crippen LogP contribution in [0.3, 0.4) is 0 Å². The second kappa shape index (κ2) is 6.60. The summed E-state index contributed by atoms with van der Waals surface area (Å²) in [6.45, 7) is 2.27. The zero-order valence-corrected chi connectivity index (χ0v) is 13.4. The molecule has 1 aromatic heterocycles. The first-order valence-corrected chi connectivity index (χ1v) is 8.27. The Morgan fingerprint density at radius 3 is 3.08 bits per heavy atom. The van der Waals surface area contributed by atoms with E-state index in [4.69, 9.17) is 9.47 Å². The number of para-hydroxylation sites is 1. The molecule has 0 bridgehead atoms. The Balaban J connectivity index is 1.33. The molecule has 2 aromatic rings. The number of ether oxygens (including phenoxy) is 2. The lowest BCUT2D eigenvalue weighted by Crippen LogP contribution is -2.50. The highest BCUT2D eigenvalue weighted by Crippen LogP contribution is 2.30. The Morgan fingerprint density at radius 1 is 1.33 bits per heavy atom. The third-order valence-electron chi connectivity index (χ3n) is 4.61. The molecule has 2 aliphatic heterocycles. The van der Waals surface area contributed by atoms with Crippen molar-refractivity contribution < 1.29 is 14.3 Å². The quantitative estimate of drug-likeness (QED) is 0.849. The topological polar surface area (TPSA) is 69.5 Å². The standard InChI is InChI=1S/C17H20N4O3/c22-17(7-9-23-14-4-2-1-3-5-14)20-8-6-16-15(11-20)21-13(12-24-16)10-18-19-21/h1-5,10,15-16H,6-9,11-12H2/t15-,16+/m1/s1. The van der Waals surface area contributed by atoms with E-state index in [0.717, 1.165) is 24.4 Å². The minimum atomic E-state index is 0.0593. The lowest BCUT2D eigenvalue weighted by Gasteiger charge is -2.41. The first kappa shape index (κ1) is 15.1. The maximum atomic E-state index is 12.5. The monoisotopic (exact) mass is 328 g/mol. The van der Waals surface area contributed by atoms with E-state index in [1.807, 2.05) is 39.9 Å². The fourth-order valence-corrected chi connectivity index (χ4v) is 3.34. The van der Waals surface area contributed by atoms with Crippen molar-refractivity contribution in [1.82, 2.24) is 19.9 Å². The molecule has 0 N–H and O–H groups in total. The van der Waals surface area contributed by atoms with Crippen molar-refractivity contribution >= 4 is 5.91 Å². The van der Waals surface area contributed by atoms with Crippen LogP contribution < -0.4 is 4.74 Å². The SMILES string of the molecule is O=C(CCOc1ccccc1)N1CC[C@@H]2OCc3cnnn3[C@@H]2C1. The number of hydrogen-bond donors (Lipinski definition) is 0. The molecule has 0 saturated carbocycles. The fourth-order valence-electron chi connectivity index (χ4n) is 3.34. The third kappa shape index (κ3) is 2.99. The van der Waals surface area contributed by atoms with Crippen LogP contribution in [-0.4, -0.2) is 51.6 Å². The van der Waals surface area contributed by atoms with E-state index in [2.05, 4.69) is 10.3 Å². The number of amides is 1. The molecular weight excluding hydrogens is 308 g/mol. The minimum absolute atomic E-state index is 0.0593. The first-order valence-electron chi connectivity index (χ1n) is 8.27. The van der Waals surface area contributed by atoms with Gasteiger partial charge >= 0.3 is 0 Å². The number of hydrogen-bond acceptors (Lipinski definition) is 5. The molecule has 0 unspecified atom stereocenters. The lowest BCUT2D eigenvalue weighted by molar-refractivity contribution is -0.138. The van der Waals surface area contributed by atoms with Crippen molar-refractivity contribution in [3.63, 3.8) is 0 Å². The van der Waals surface area contributed by atoms with Gasteiger partial charge in [0.05, 0.1) is 43.7 Å². The van der Waals surface area contributed by atoms with Gasteiger partial charge in [0.15, 0.2) is 0 Å². The van der Waals surface area contributed by atoms with Gasteiger partial charge in [-0.05, 0) is 18.6 Å². The average Bonchev–Trinajstić information content (AvgIpc) is 3.11. The highest BCUT2D eigenvalue weighted by atomic mass is 16.5. The zero-order chi connectivity index (χ0) is 16.4. The Bertz CT molecular complexity index is 703. The number of carbonyl (C=O) groups is 1. The Hall–Kier alpha value is -2.41. The van der Waals surface area contributed by atoms with Crippen LogP contribution in [0.15, 0.2) is 36.5 Å². The molecule has 3 heterocycles. The van der Waals surface area contributed by atoms with Crippen molar-refractivity contribution in [2.45, 2.75) is 31.6 Å². The number of nitrogens with zero attached hydrogens (tertiary/aromatic N) is 4. The molecule has 1 fully saturated rings. The van der Waals surface area contributed by atoms with Crippen LogP contribution in [0.2, 0.25) is 0 Å². The maximum Gasteiger partial charge on any atom is 0.226 e. The summed E-state index contributed by atoms with van der Waals surface area (Å²) >= 11 is 0. The Morgan fingerprint density at radius 2 is 2.21 bits per heavy atom. The van der Waals surface area contributed by atoms with E-state index in [9.17, 15) is 4.79 Å². The first-order chi connectivity index (χ1) is 11.8. The predicted octanol–water partition coefficient (Wildman–Crippen LogP) is 1.42. The van der Waals surface area contributed by atoms with Crippen molar-refractivity contribution in [2.24, 2.45) is 0 Å². The molecule has 24 heavy (non-hydrogen) atoms. The summed E-state index contributed by atoms with van der Waals surface area (Å²) in [5.41, 5.74) is 0.970. The summed E-state index contributed by atoms with van der Waals surface area (Å²) in [5, 5.41) is 8.12. The van der Waals surface area contributed by atoms with Crippen LogP contribution in [0.5, 0.6) is 5.75 Å². The van der Waals surface area contributed by atoms with Gasteiger partial charge in [0.2, 0.25) is 5.91 Å². The largest absolute Gasteiger partial charge is 0.493 e. The van der Waals surface area contributed by atoms with E-state index < -0.39 is 0 Å². The molecule has 0 aliphatic carbocycles. The van der Waals surface area contributed by atoms with Gasteiger partial charge in [-0.1, -0.05) is 23.4 Å². The second-order valence-corrected chi connectivity index (χ2v) is 6.13. The van der Waals surface area contributed by atoms with E-state index in [-0.39, 0.29) is 18.1 Å². The Labute approximate surface area is 140 Å². The molecule has 1 aromatic carbocycles. The van der Waals surface area contributed by atoms with E-state index in [1.54, 1.807) is 6.20 Å². The van der Waals surface area contributed by atoms with Gasteiger partial charge in [0, 0.05) is 13.1 Å². The van der Waals surface area contributed by atoms with Gasteiger partial charge in [-0.2, -0.15) is 0 Å². The van der Waals surface area contributed by atoms with Crippen LogP contribution in [0, 0.1) is 0 Å². The van der Waals surface area contributed by atoms with Crippen molar-refractivity contribution in [2.75, 3.05) is 19.7 Å². The van der Waals surface area contributed by atoms with Gasteiger partial charge in [-0.25, -0.2) is 4.68 Å². The van der Waals surface area contributed by atoms with Crippen LogP contribution in [0.4, 0.5) is 0 Å². The third-order valence-corrected chi connectivity index (χ3v) is 4.61. The molecular formula is C17H20N4O3. The van der Waals surface area contributed by atoms with Gasteiger partial charge < -0.3 is 14.4 Å². The summed E-state index contributed by atoms with van der Waals surface area (Å²) in [5.74, 6) is 0.897. The maximum absolute atomic E-state index is 12.5. The Kier molecular flexibility index (Phi) is 4.17. The number of aromatic nitrogens is 3. The molecule has 0 radical (unpaired) electrons. The number of carbonyl (C=O) groups excluding carboxylic acids is 1. The zero-order valence-electron chi connectivity index (χ0n) is 13.4. The van der Waals surface area contributed by atoms with E-state index in [1.165, 1.54) is 0 Å². The highest BCUT2D eigenvalue weighted by Gasteiger charge is 2.37. The van der Waals surface area contributed by atoms with Crippen LogP contribution >= 0.6 is 0 Å². The van der Waals surface area contributed by atoms with Gasteiger partial charge in [-0.15, -0.1) is 5.10 Å². The molecule has 2 atom stereocenters. The molecule has 7 heteroatoms. The number of fused-ring (bicyclic) bond motifs is 3. The second-order valence-electron chi connectivity index (χ2n) is 6.13. The smallest absolute Gasteiger partial charge is 0.226 e. The van der Waals surface area contributed by atoms with Crippen LogP contribution in [0.25, 0.3) is 0 Å². The van der Waals surface area contributed by atoms with E-state index in [0.29, 0.717) is 26.2 Å². The summed E-state index contributed by atoms with van der Waals surface area (Å²) in [7, 11) is 0.